The second-order valence-electron chi connectivity index (χ2n) is 4.21. The van der Waals surface area contributed by atoms with Crippen LogP contribution in [-0.2, 0) is 9.59 Å². The number of carbonyl (C=O) groups is 3. The molecule has 0 aromatic heterocycles. The maximum absolute atomic E-state index is 11.9. The van der Waals surface area contributed by atoms with E-state index < -0.39 is 17.9 Å². The molecule has 0 fully saturated rings. The Bertz CT molecular complexity index is 523. The Kier molecular flexibility index (Phi) is 5.46. The van der Waals surface area contributed by atoms with Crippen LogP contribution in [0.2, 0.25) is 0 Å². The number of benzene rings is 1. The smallest absolute Gasteiger partial charge is 0.251 e. The number of anilines is 1. The SMILES string of the molecule is C=CC[C@H](NC(=O)c1ccc(NC(C)=O)cc1)C(N)=O. The summed E-state index contributed by atoms with van der Waals surface area (Å²) in [6.07, 6.45) is 1.78. The van der Waals surface area contributed by atoms with Gasteiger partial charge >= 0.3 is 0 Å². The maximum Gasteiger partial charge on any atom is 0.251 e. The molecule has 0 saturated carbocycles. The van der Waals surface area contributed by atoms with Gasteiger partial charge in [-0.25, -0.2) is 0 Å². The van der Waals surface area contributed by atoms with E-state index >= 15 is 0 Å². The molecule has 1 atom stereocenters. The van der Waals surface area contributed by atoms with Crippen molar-refractivity contribution in [3.63, 3.8) is 0 Å². The Hall–Kier alpha value is -2.63. The molecular formula is C14H17N3O3. The minimum Gasteiger partial charge on any atom is -0.368 e. The summed E-state index contributed by atoms with van der Waals surface area (Å²) in [6.45, 7) is 4.90. The van der Waals surface area contributed by atoms with E-state index in [1.54, 1.807) is 24.3 Å². The molecule has 0 unspecified atom stereocenters. The van der Waals surface area contributed by atoms with Crippen molar-refractivity contribution in [3.8, 4) is 0 Å². The van der Waals surface area contributed by atoms with Crippen LogP contribution in [0.15, 0.2) is 36.9 Å². The van der Waals surface area contributed by atoms with Crippen molar-refractivity contribution in [2.75, 3.05) is 5.32 Å². The summed E-state index contributed by atoms with van der Waals surface area (Å²) in [6, 6.07) is 5.51. The molecule has 3 amide bonds. The van der Waals surface area contributed by atoms with Crippen molar-refractivity contribution in [3.05, 3.63) is 42.5 Å². The van der Waals surface area contributed by atoms with Crippen LogP contribution in [0, 0.1) is 0 Å². The van der Waals surface area contributed by atoms with E-state index in [0.29, 0.717) is 11.3 Å². The van der Waals surface area contributed by atoms with Gasteiger partial charge in [0, 0.05) is 18.2 Å². The molecule has 0 aliphatic heterocycles. The predicted octanol–water partition coefficient (Wildman–Crippen LogP) is 0.805. The van der Waals surface area contributed by atoms with E-state index in [1.165, 1.54) is 13.0 Å². The standard InChI is InChI=1S/C14H17N3O3/c1-3-4-12(13(15)19)17-14(20)10-5-7-11(8-6-10)16-9(2)18/h3,5-8,12H,1,4H2,2H3,(H2,15,19)(H,16,18)(H,17,20)/t12-/m0/s1. The molecule has 1 rings (SSSR count). The van der Waals surface area contributed by atoms with Crippen LogP contribution in [0.4, 0.5) is 5.69 Å². The Morgan fingerprint density at radius 3 is 2.35 bits per heavy atom. The fourth-order valence-electron chi connectivity index (χ4n) is 1.56. The first kappa shape index (κ1) is 15.4. The molecule has 1 aromatic rings. The fraction of sp³-hybridized carbons (Fsp3) is 0.214. The van der Waals surface area contributed by atoms with E-state index in [4.69, 9.17) is 5.73 Å². The summed E-state index contributed by atoms with van der Waals surface area (Å²) in [5, 5.41) is 5.11. The quantitative estimate of drug-likeness (QED) is 0.669. The van der Waals surface area contributed by atoms with Crippen LogP contribution in [-0.4, -0.2) is 23.8 Å². The van der Waals surface area contributed by atoms with Gasteiger partial charge in [-0.2, -0.15) is 0 Å². The first-order chi connectivity index (χ1) is 9.43. The van der Waals surface area contributed by atoms with Crippen molar-refractivity contribution in [2.24, 2.45) is 5.73 Å². The monoisotopic (exact) mass is 275 g/mol. The topological polar surface area (TPSA) is 101 Å². The van der Waals surface area contributed by atoms with Gasteiger partial charge in [-0.1, -0.05) is 6.08 Å². The highest BCUT2D eigenvalue weighted by molar-refractivity contribution is 5.98. The van der Waals surface area contributed by atoms with Gasteiger partial charge in [-0.3, -0.25) is 14.4 Å². The summed E-state index contributed by atoms with van der Waals surface area (Å²) in [7, 11) is 0. The van der Waals surface area contributed by atoms with E-state index in [0.717, 1.165) is 0 Å². The zero-order chi connectivity index (χ0) is 15.1. The number of hydrogen-bond donors (Lipinski definition) is 3. The Morgan fingerprint density at radius 2 is 1.90 bits per heavy atom. The van der Waals surface area contributed by atoms with Gasteiger partial charge in [-0.15, -0.1) is 6.58 Å². The highest BCUT2D eigenvalue weighted by Crippen LogP contribution is 2.09. The van der Waals surface area contributed by atoms with Crippen molar-refractivity contribution < 1.29 is 14.4 Å². The molecule has 6 nitrogen and oxygen atoms in total. The average Bonchev–Trinajstić information content (AvgIpc) is 2.38. The highest BCUT2D eigenvalue weighted by Gasteiger charge is 2.17. The van der Waals surface area contributed by atoms with Crippen molar-refractivity contribution in [2.45, 2.75) is 19.4 Å². The number of nitrogens with two attached hydrogens (primary N) is 1. The molecule has 20 heavy (non-hydrogen) atoms. The zero-order valence-corrected chi connectivity index (χ0v) is 11.2. The van der Waals surface area contributed by atoms with E-state index in [-0.39, 0.29) is 12.3 Å². The summed E-state index contributed by atoms with van der Waals surface area (Å²) >= 11 is 0. The molecule has 0 saturated heterocycles. The van der Waals surface area contributed by atoms with Crippen molar-refractivity contribution in [1.82, 2.24) is 5.32 Å². The predicted molar refractivity (Wildman–Crippen MR) is 76.0 cm³/mol. The van der Waals surface area contributed by atoms with E-state index in [1.807, 2.05) is 0 Å². The van der Waals surface area contributed by atoms with Gasteiger partial charge in [0.1, 0.15) is 6.04 Å². The van der Waals surface area contributed by atoms with Crippen molar-refractivity contribution >= 4 is 23.4 Å². The number of nitrogens with one attached hydrogen (secondary N) is 2. The molecule has 4 N–H and O–H groups in total. The minimum atomic E-state index is -0.782. The van der Waals surface area contributed by atoms with E-state index in [9.17, 15) is 14.4 Å². The van der Waals surface area contributed by atoms with Crippen LogP contribution in [0.3, 0.4) is 0 Å². The summed E-state index contributed by atoms with van der Waals surface area (Å²) in [5.74, 6) is -1.22. The van der Waals surface area contributed by atoms with Gasteiger partial charge in [0.05, 0.1) is 0 Å². The summed E-state index contributed by atoms with van der Waals surface area (Å²) in [5.41, 5.74) is 6.14. The van der Waals surface area contributed by atoms with Crippen molar-refractivity contribution in [1.29, 1.82) is 0 Å². The third kappa shape index (κ3) is 4.56. The van der Waals surface area contributed by atoms with Crippen LogP contribution >= 0.6 is 0 Å². The summed E-state index contributed by atoms with van der Waals surface area (Å²) in [4.78, 5) is 33.9. The van der Waals surface area contributed by atoms with Gasteiger partial charge in [-0.05, 0) is 30.7 Å². The lowest BCUT2D eigenvalue weighted by Gasteiger charge is -2.13. The summed E-state index contributed by atoms with van der Waals surface area (Å²) < 4.78 is 0. The number of hydrogen-bond acceptors (Lipinski definition) is 3. The number of carbonyl (C=O) groups excluding carboxylic acids is 3. The second-order valence-corrected chi connectivity index (χ2v) is 4.21. The largest absolute Gasteiger partial charge is 0.368 e. The molecular weight excluding hydrogens is 258 g/mol. The third-order valence-electron chi connectivity index (χ3n) is 2.52. The second kappa shape index (κ2) is 7.08. The van der Waals surface area contributed by atoms with Crippen LogP contribution in [0.1, 0.15) is 23.7 Å². The molecule has 6 heteroatoms. The lowest BCUT2D eigenvalue weighted by Crippen LogP contribution is -2.44. The van der Waals surface area contributed by atoms with Crippen LogP contribution in [0.5, 0.6) is 0 Å². The van der Waals surface area contributed by atoms with Gasteiger partial charge in [0.2, 0.25) is 11.8 Å². The molecule has 0 aliphatic rings. The number of primary amides is 1. The third-order valence-corrected chi connectivity index (χ3v) is 2.52. The number of amides is 3. The van der Waals surface area contributed by atoms with Crippen LogP contribution < -0.4 is 16.4 Å². The van der Waals surface area contributed by atoms with Gasteiger partial charge in [0.25, 0.3) is 5.91 Å². The molecule has 0 radical (unpaired) electrons. The lowest BCUT2D eigenvalue weighted by molar-refractivity contribution is -0.119. The Labute approximate surface area is 117 Å². The average molecular weight is 275 g/mol. The van der Waals surface area contributed by atoms with Crippen LogP contribution in [0.25, 0.3) is 0 Å². The zero-order valence-electron chi connectivity index (χ0n) is 11.2. The molecule has 106 valence electrons. The highest BCUT2D eigenvalue weighted by atomic mass is 16.2. The Balaban J connectivity index is 2.74. The van der Waals surface area contributed by atoms with Gasteiger partial charge < -0.3 is 16.4 Å². The number of rotatable bonds is 6. The van der Waals surface area contributed by atoms with E-state index in [2.05, 4.69) is 17.2 Å². The first-order valence-corrected chi connectivity index (χ1v) is 6.02. The fourth-order valence-corrected chi connectivity index (χ4v) is 1.56. The Morgan fingerprint density at radius 1 is 1.30 bits per heavy atom. The maximum atomic E-state index is 11.9. The van der Waals surface area contributed by atoms with Gasteiger partial charge in [0.15, 0.2) is 0 Å². The first-order valence-electron chi connectivity index (χ1n) is 6.02. The molecule has 0 bridgehead atoms. The lowest BCUT2D eigenvalue weighted by atomic mass is 10.1. The normalized spacial score (nSPS) is 11.2. The molecule has 0 heterocycles. The minimum absolute atomic E-state index is 0.193. The molecule has 1 aromatic carbocycles. The molecule has 0 aliphatic carbocycles. The molecule has 0 spiro atoms.